The third-order valence-corrected chi connectivity index (χ3v) is 2.81. The Morgan fingerprint density at radius 2 is 1.71 bits per heavy atom. The summed E-state index contributed by atoms with van der Waals surface area (Å²) in [5.41, 5.74) is 0. The van der Waals surface area contributed by atoms with Gasteiger partial charge in [0.15, 0.2) is 0 Å². The molecule has 0 aromatic carbocycles. The zero-order chi connectivity index (χ0) is 13.3. The van der Waals surface area contributed by atoms with Gasteiger partial charge in [-0.3, -0.25) is 9.59 Å². The molecule has 0 aliphatic carbocycles. The van der Waals surface area contributed by atoms with E-state index in [1.165, 1.54) is 0 Å². The first kappa shape index (κ1) is 15.9. The maximum atomic E-state index is 11.9. The van der Waals surface area contributed by atoms with E-state index in [0.717, 1.165) is 6.42 Å². The lowest BCUT2D eigenvalue weighted by atomic mass is 10.0. The van der Waals surface area contributed by atoms with E-state index in [9.17, 15) is 9.59 Å². The molecule has 0 heterocycles. The number of rotatable bonds is 8. The Kier molecular flexibility index (Phi) is 8.46. The third kappa shape index (κ3) is 5.71. The first-order valence-corrected chi connectivity index (χ1v) is 6.54. The normalized spacial score (nSPS) is 12.0. The average Bonchev–Trinajstić information content (AvgIpc) is 2.34. The molecule has 0 aliphatic heterocycles. The van der Waals surface area contributed by atoms with Crippen LogP contribution in [0.15, 0.2) is 0 Å². The molecule has 4 nitrogen and oxygen atoms in total. The van der Waals surface area contributed by atoms with Crippen molar-refractivity contribution < 1.29 is 14.3 Å². The molecule has 0 aliphatic rings. The fraction of sp³-hybridized carbons (Fsp3) is 0.846. The molecule has 17 heavy (non-hydrogen) atoms. The van der Waals surface area contributed by atoms with Gasteiger partial charge in [0.1, 0.15) is 0 Å². The van der Waals surface area contributed by atoms with Crippen LogP contribution in [0.3, 0.4) is 0 Å². The van der Waals surface area contributed by atoms with Gasteiger partial charge >= 0.3 is 5.97 Å². The van der Waals surface area contributed by atoms with Crippen molar-refractivity contribution in [2.75, 3.05) is 19.7 Å². The average molecular weight is 243 g/mol. The van der Waals surface area contributed by atoms with Crippen molar-refractivity contribution >= 4 is 11.9 Å². The number of hydrogen-bond donors (Lipinski definition) is 0. The van der Waals surface area contributed by atoms with Gasteiger partial charge in [0.05, 0.1) is 12.5 Å². The first-order chi connectivity index (χ1) is 8.10. The number of amides is 1. The molecular formula is C13H25NO3. The monoisotopic (exact) mass is 243 g/mol. The topological polar surface area (TPSA) is 46.6 Å². The van der Waals surface area contributed by atoms with Gasteiger partial charge in [0, 0.05) is 19.5 Å². The summed E-state index contributed by atoms with van der Waals surface area (Å²) >= 11 is 0. The third-order valence-electron chi connectivity index (χ3n) is 2.81. The van der Waals surface area contributed by atoms with E-state index in [0.29, 0.717) is 26.1 Å². The van der Waals surface area contributed by atoms with Gasteiger partial charge in [-0.15, -0.1) is 0 Å². The molecular weight excluding hydrogens is 218 g/mol. The molecule has 0 aromatic rings. The lowest BCUT2D eigenvalue weighted by Gasteiger charge is -2.21. The van der Waals surface area contributed by atoms with Crippen LogP contribution in [-0.4, -0.2) is 36.5 Å². The highest BCUT2D eigenvalue weighted by molar-refractivity contribution is 5.83. The highest BCUT2D eigenvalue weighted by Crippen LogP contribution is 2.13. The maximum absolute atomic E-state index is 11.9. The van der Waals surface area contributed by atoms with Crippen LogP contribution in [0.4, 0.5) is 0 Å². The van der Waals surface area contributed by atoms with Crippen LogP contribution >= 0.6 is 0 Å². The molecule has 1 unspecified atom stereocenters. The van der Waals surface area contributed by atoms with Crippen LogP contribution in [-0.2, 0) is 14.3 Å². The van der Waals surface area contributed by atoms with Crippen LogP contribution in [0.2, 0.25) is 0 Å². The summed E-state index contributed by atoms with van der Waals surface area (Å²) in [6.07, 6.45) is 1.72. The van der Waals surface area contributed by atoms with Crippen LogP contribution in [0.25, 0.3) is 0 Å². The Morgan fingerprint density at radius 1 is 1.12 bits per heavy atom. The summed E-state index contributed by atoms with van der Waals surface area (Å²) in [5.74, 6) is -0.500. The van der Waals surface area contributed by atoms with Crippen molar-refractivity contribution in [3.8, 4) is 0 Å². The molecule has 0 spiro atoms. The summed E-state index contributed by atoms with van der Waals surface area (Å²) in [4.78, 5) is 25.3. The zero-order valence-corrected chi connectivity index (χ0v) is 11.5. The lowest BCUT2D eigenvalue weighted by molar-refractivity contribution is -0.151. The molecule has 1 atom stereocenters. The Morgan fingerprint density at radius 3 is 2.12 bits per heavy atom. The van der Waals surface area contributed by atoms with Crippen molar-refractivity contribution in [3.05, 3.63) is 0 Å². The highest BCUT2D eigenvalue weighted by atomic mass is 16.5. The fourth-order valence-corrected chi connectivity index (χ4v) is 1.63. The molecule has 0 radical (unpaired) electrons. The number of carbonyl (C=O) groups excluding carboxylic acids is 2. The molecule has 0 N–H and O–H groups in total. The van der Waals surface area contributed by atoms with E-state index >= 15 is 0 Å². The van der Waals surface area contributed by atoms with Gasteiger partial charge in [-0.2, -0.15) is 0 Å². The largest absolute Gasteiger partial charge is 0.465 e. The van der Waals surface area contributed by atoms with E-state index < -0.39 is 0 Å². The lowest BCUT2D eigenvalue weighted by Crippen LogP contribution is -2.33. The summed E-state index contributed by atoms with van der Waals surface area (Å²) in [5, 5.41) is 0. The minimum atomic E-state index is -0.297. The second-order valence-corrected chi connectivity index (χ2v) is 4.04. The summed E-state index contributed by atoms with van der Waals surface area (Å²) in [6.45, 7) is 9.57. The molecule has 0 bridgehead atoms. The van der Waals surface area contributed by atoms with E-state index in [4.69, 9.17) is 4.74 Å². The van der Waals surface area contributed by atoms with Crippen LogP contribution in [0, 0.1) is 5.92 Å². The van der Waals surface area contributed by atoms with Gasteiger partial charge in [0.25, 0.3) is 0 Å². The van der Waals surface area contributed by atoms with Gasteiger partial charge in [-0.25, -0.2) is 0 Å². The van der Waals surface area contributed by atoms with Crippen LogP contribution < -0.4 is 0 Å². The van der Waals surface area contributed by atoms with Crippen molar-refractivity contribution in [1.29, 1.82) is 0 Å². The molecule has 100 valence electrons. The quantitative estimate of drug-likeness (QED) is 0.614. The van der Waals surface area contributed by atoms with Crippen molar-refractivity contribution in [2.45, 2.75) is 47.0 Å². The number of ether oxygens (including phenoxy) is 1. The molecule has 4 heteroatoms. The smallest absolute Gasteiger partial charge is 0.309 e. The van der Waals surface area contributed by atoms with Crippen molar-refractivity contribution in [1.82, 2.24) is 4.90 Å². The molecule has 0 fully saturated rings. The standard InChI is InChI=1S/C13H25NO3/c1-5-9-17-13(16)11(6-2)10-12(15)14(7-3)8-4/h11H,5-10H2,1-4H3. The Balaban J connectivity index is 4.28. The first-order valence-electron chi connectivity index (χ1n) is 6.54. The predicted molar refractivity (Wildman–Crippen MR) is 67.6 cm³/mol. The second-order valence-electron chi connectivity index (χ2n) is 4.04. The van der Waals surface area contributed by atoms with Gasteiger partial charge in [-0.05, 0) is 26.7 Å². The fourth-order valence-electron chi connectivity index (χ4n) is 1.63. The van der Waals surface area contributed by atoms with Crippen LogP contribution in [0.5, 0.6) is 0 Å². The minimum Gasteiger partial charge on any atom is -0.465 e. The number of carbonyl (C=O) groups is 2. The summed E-state index contributed by atoms with van der Waals surface area (Å²) < 4.78 is 5.08. The minimum absolute atomic E-state index is 0.0373. The summed E-state index contributed by atoms with van der Waals surface area (Å²) in [7, 11) is 0. The maximum Gasteiger partial charge on any atom is 0.309 e. The number of hydrogen-bond acceptors (Lipinski definition) is 3. The van der Waals surface area contributed by atoms with E-state index in [1.54, 1.807) is 4.90 Å². The van der Waals surface area contributed by atoms with Gasteiger partial charge in [0.2, 0.25) is 5.91 Å². The Hall–Kier alpha value is -1.06. The van der Waals surface area contributed by atoms with E-state index in [2.05, 4.69) is 0 Å². The Bertz CT molecular complexity index is 237. The molecule has 0 saturated carbocycles. The van der Waals surface area contributed by atoms with E-state index in [1.807, 2.05) is 27.7 Å². The molecule has 0 saturated heterocycles. The zero-order valence-electron chi connectivity index (χ0n) is 11.5. The molecule has 0 rings (SSSR count). The highest BCUT2D eigenvalue weighted by Gasteiger charge is 2.23. The van der Waals surface area contributed by atoms with Gasteiger partial charge < -0.3 is 9.64 Å². The molecule has 1 amide bonds. The predicted octanol–water partition coefficient (Wildman–Crippen LogP) is 2.22. The second kappa shape index (κ2) is 9.02. The van der Waals surface area contributed by atoms with E-state index in [-0.39, 0.29) is 24.2 Å². The van der Waals surface area contributed by atoms with Crippen molar-refractivity contribution in [2.24, 2.45) is 5.92 Å². The van der Waals surface area contributed by atoms with Crippen LogP contribution in [0.1, 0.15) is 47.0 Å². The number of esters is 1. The SMILES string of the molecule is CCCOC(=O)C(CC)CC(=O)N(CC)CC. The molecule has 0 aromatic heterocycles. The summed E-state index contributed by atoms with van der Waals surface area (Å²) in [6, 6.07) is 0. The van der Waals surface area contributed by atoms with Crippen molar-refractivity contribution in [3.63, 3.8) is 0 Å². The van der Waals surface area contributed by atoms with Gasteiger partial charge in [-0.1, -0.05) is 13.8 Å². The number of nitrogens with zero attached hydrogens (tertiary/aromatic N) is 1. The Labute approximate surface area is 104 Å².